The summed E-state index contributed by atoms with van der Waals surface area (Å²) in [7, 11) is -2.14. The Kier molecular flexibility index (Phi) is 4.71. The number of nitrogens with zero attached hydrogens (tertiary/aromatic N) is 5. The lowest BCUT2D eigenvalue weighted by Crippen LogP contribution is -2.27. The number of hydrogen-bond acceptors (Lipinski definition) is 7. The summed E-state index contributed by atoms with van der Waals surface area (Å²) in [6.45, 7) is 0.00724. The Bertz CT molecular complexity index is 788. The van der Waals surface area contributed by atoms with Gasteiger partial charge in [-0.05, 0) is 11.6 Å². The van der Waals surface area contributed by atoms with E-state index in [1.54, 1.807) is 0 Å². The van der Waals surface area contributed by atoms with Crippen LogP contribution in [0, 0.1) is 5.82 Å². The molecular weight excluding hydrogens is 335 g/mol. The first-order valence-electron chi connectivity index (χ1n) is 5.94. The van der Waals surface area contributed by atoms with E-state index in [0.29, 0.717) is 5.69 Å². The van der Waals surface area contributed by atoms with E-state index in [2.05, 4.69) is 25.3 Å². The van der Waals surface area contributed by atoms with E-state index in [-0.39, 0.29) is 23.5 Å². The van der Waals surface area contributed by atoms with Crippen molar-refractivity contribution in [3.8, 4) is 0 Å². The monoisotopic (exact) mass is 346 g/mol. The molecule has 0 fully saturated rings. The molecule has 0 saturated carbocycles. The Morgan fingerprint density at radius 3 is 2.68 bits per heavy atom. The van der Waals surface area contributed by atoms with E-state index in [1.165, 1.54) is 19.4 Å². The topological polar surface area (TPSA) is 101 Å². The lowest BCUT2D eigenvalue weighted by atomic mass is 10.4. The quantitative estimate of drug-likeness (QED) is 0.808. The molecule has 0 aromatic carbocycles. The first-order chi connectivity index (χ1) is 10.3. The molecule has 0 aliphatic rings. The van der Waals surface area contributed by atoms with Crippen LogP contribution < -0.4 is 9.62 Å². The minimum absolute atomic E-state index is 0.00724. The van der Waals surface area contributed by atoms with Crippen molar-refractivity contribution in [1.82, 2.24) is 19.9 Å². The molecule has 8 nitrogen and oxygen atoms in total. The summed E-state index contributed by atoms with van der Waals surface area (Å²) in [4.78, 5) is 15.2. The van der Waals surface area contributed by atoms with Crippen LogP contribution in [0.15, 0.2) is 18.6 Å². The minimum Gasteiger partial charge on any atom is -0.362 e. The highest BCUT2D eigenvalue weighted by molar-refractivity contribution is 7.92. The van der Waals surface area contributed by atoms with Crippen molar-refractivity contribution in [3.05, 3.63) is 35.4 Å². The second-order valence-electron chi connectivity index (χ2n) is 4.25. The van der Waals surface area contributed by atoms with Crippen molar-refractivity contribution in [2.24, 2.45) is 0 Å². The molecule has 0 amide bonds. The first-order valence-corrected chi connectivity index (χ1v) is 8.17. The van der Waals surface area contributed by atoms with E-state index >= 15 is 0 Å². The van der Waals surface area contributed by atoms with Gasteiger partial charge in [-0.25, -0.2) is 22.8 Å². The van der Waals surface area contributed by atoms with E-state index in [4.69, 9.17) is 11.6 Å². The maximum atomic E-state index is 13.5. The van der Waals surface area contributed by atoms with Gasteiger partial charge in [-0.3, -0.25) is 9.29 Å². The number of sulfonamides is 1. The average molecular weight is 347 g/mol. The van der Waals surface area contributed by atoms with Gasteiger partial charge in [0, 0.05) is 19.4 Å². The van der Waals surface area contributed by atoms with Crippen molar-refractivity contribution >= 4 is 33.3 Å². The van der Waals surface area contributed by atoms with Crippen molar-refractivity contribution in [1.29, 1.82) is 0 Å². The Balaban J connectivity index is 2.26. The first kappa shape index (κ1) is 16.3. The Morgan fingerprint density at radius 1 is 1.32 bits per heavy atom. The molecule has 0 saturated heterocycles. The zero-order valence-corrected chi connectivity index (χ0v) is 13.2. The number of halogens is 2. The molecule has 0 spiro atoms. The highest BCUT2D eigenvalue weighted by Gasteiger charge is 2.18. The van der Waals surface area contributed by atoms with Crippen molar-refractivity contribution < 1.29 is 12.8 Å². The summed E-state index contributed by atoms with van der Waals surface area (Å²) in [5.74, 6) is -0.664. The zero-order valence-electron chi connectivity index (χ0n) is 11.7. The van der Waals surface area contributed by atoms with Gasteiger partial charge >= 0.3 is 0 Å². The molecule has 2 heterocycles. The summed E-state index contributed by atoms with van der Waals surface area (Å²) < 4.78 is 37.7. The predicted octanol–water partition coefficient (Wildman–Crippen LogP) is 1.07. The van der Waals surface area contributed by atoms with E-state index in [0.717, 1.165) is 16.8 Å². The van der Waals surface area contributed by atoms with Gasteiger partial charge in [0.15, 0.2) is 17.5 Å². The van der Waals surface area contributed by atoms with Gasteiger partial charge < -0.3 is 5.32 Å². The third-order valence-corrected chi connectivity index (χ3v) is 4.04. The van der Waals surface area contributed by atoms with Crippen LogP contribution in [0.5, 0.6) is 0 Å². The molecular formula is C11H12ClFN6O2S. The standard InChI is InChI=1S/C11H12ClFN6O2S/c1-19(22(2,20)21)10-8(14-3-4-15-10)6-16-9-7(13)5-17-11(12)18-9/h3-5H,6H2,1-2H3,(H,16,17,18). The average Bonchev–Trinajstić information content (AvgIpc) is 2.47. The normalized spacial score (nSPS) is 11.3. The molecule has 22 heavy (non-hydrogen) atoms. The van der Waals surface area contributed by atoms with E-state index in [1.807, 2.05) is 0 Å². The molecule has 1 N–H and O–H groups in total. The molecule has 2 rings (SSSR count). The van der Waals surface area contributed by atoms with Crippen LogP contribution in [0.4, 0.5) is 16.0 Å². The van der Waals surface area contributed by atoms with Crippen LogP contribution in [0.1, 0.15) is 5.69 Å². The molecule has 2 aromatic heterocycles. The predicted molar refractivity (Wildman–Crippen MR) is 79.6 cm³/mol. The fourth-order valence-corrected chi connectivity index (χ4v) is 2.14. The number of aromatic nitrogens is 4. The van der Waals surface area contributed by atoms with Gasteiger partial charge in [0.1, 0.15) is 5.69 Å². The highest BCUT2D eigenvalue weighted by atomic mass is 35.5. The van der Waals surface area contributed by atoms with Crippen LogP contribution in [0.3, 0.4) is 0 Å². The molecule has 0 bridgehead atoms. The third-order valence-electron chi connectivity index (χ3n) is 2.69. The summed E-state index contributed by atoms with van der Waals surface area (Å²) >= 11 is 5.60. The SMILES string of the molecule is CN(c1nccnc1CNc1nc(Cl)ncc1F)S(C)(=O)=O. The molecule has 118 valence electrons. The van der Waals surface area contributed by atoms with E-state index < -0.39 is 15.8 Å². The summed E-state index contributed by atoms with van der Waals surface area (Å²) in [6.07, 6.45) is 4.74. The summed E-state index contributed by atoms with van der Waals surface area (Å²) in [5.41, 5.74) is 0.310. The second kappa shape index (κ2) is 6.36. The molecule has 2 aromatic rings. The zero-order chi connectivity index (χ0) is 16.3. The van der Waals surface area contributed by atoms with Gasteiger partial charge in [0.05, 0.1) is 19.0 Å². The number of nitrogens with one attached hydrogen (secondary N) is 1. The molecule has 0 unspecified atom stereocenters. The summed E-state index contributed by atoms with van der Waals surface area (Å²) in [6, 6.07) is 0. The van der Waals surface area contributed by atoms with Crippen LogP contribution in [0.25, 0.3) is 0 Å². The Hall–Kier alpha value is -2.07. The van der Waals surface area contributed by atoms with Crippen molar-refractivity contribution in [2.75, 3.05) is 22.9 Å². The van der Waals surface area contributed by atoms with Gasteiger partial charge in [0.25, 0.3) is 0 Å². The second-order valence-corrected chi connectivity index (χ2v) is 6.60. The van der Waals surface area contributed by atoms with Crippen LogP contribution in [-0.4, -0.2) is 41.7 Å². The van der Waals surface area contributed by atoms with Gasteiger partial charge in [0.2, 0.25) is 15.3 Å². The van der Waals surface area contributed by atoms with Crippen molar-refractivity contribution in [2.45, 2.75) is 6.54 Å². The van der Waals surface area contributed by atoms with Gasteiger partial charge in [-0.15, -0.1) is 0 Å². The Morgan fingerprint density at radius 2 is 2.00 bits per heavy atom. The van der Waals surface area contributed by atoms with Gasteiger partial charge in [-0.2, -0.15) is 4.98 Å². The minimum atomic E-state index is -3.49. The van der Waals surface area contributed by atoms with Gasteiger partial charge in [-0.1, -0.05) is 0 Å². The molecule has 0 atom stereocenters. The van der Waals surface area contributed by atoms with Crippen LogP contribution >= 0.6 is 11.6 Å². The number of rotatable bonds is 5. The lowest BCUT2D eigenvalue weighted by molar-refractivity contribution is 0.599. The summed E-state index contributed by atoms with van der Waals surface area (Å²) in [5, 5.41) is 2.57. The smallest absolute Gasteiger partial charge is 0.233 e. The number of hydrogen-bond donors (Lipinski definition) is 1. The fourth-order valence-electron chi connectivity index (χ4n) is 1.54. The molecule has 0 radical (unpaired) electrons. The third kappa shape index (κ3) is 3.77. The fraction of sp³-hybridized carbons (Fsp3) is 0.273. The lowest BCUT2D eigenvalue weighted by Gasteiger charge is -2.18. The molecule has 0 aliphatic heterocycles. The van der Waals surface area contributed by atoms with E-state index in [9.17, 15) is 12.8 Å². The molecule has 11 heteroatoms. The van der Waals surface area contributed by atoms with Crippen LogP contribution in [-0.2, 0) is 16.6 Å². The van der Waals surface area contributed by atoms with Crippen molar-refractivity contribution in [3.63, 3.8) is 0 Å². The maximum absolute atomic E-state index is 13.5. The largest absolute Gasteiger partial charge is 0.362 e. The molecule has 0 aliphatic carbocycles. The number of anilines is 2. The Labute approximate surface area is 131 Å². The van der Waals surface area contributed by atoms with Crippen LogP contribution in [0.2, 0.25) is 5.28 Å². The highest BCUT2D eigenvalue weighted by Crippen LogP contribution is 2.18. The maximum Gasteiger partial charge on any atom is 0.233 e.